The van der Waals surface area contributed by atoms with Gasteiger partial charge in [-0.3, -0.25) is 19.7 Å². The van der Waals surface area contributed by atoms with E-state index in [4.69, 9.17) is 11.5 Å². The molecule has 0 bridgehead atoms. The molecule has 11 heteroatoms. The number of nitrogens with two attached hydrogens (primary N) is 2. The number of carbonyl (C=O) groups excluding carboxylic acids is 2. The van der Waals surface area contributed by atoms with Gasteiger partial charge in [-0.15, -0.1) is 0 Å². The molecule has 1 aromatic carbocycles. The molecule has 0 aliphatic rings. The van der Waals surface area contributed by atoms with Crippen molar-refractivity contribution in [3.05, 3.63) is 39.9 Å². The van der Waals surface area contributed by atoms with Crippen LogP contribution in [0.5, 0.6) is 0 Å². The Morgan fingerprint density at radius 3 is 2.23 bits per heavy atom. The van der Waals surface area contributed by atoms with Crippen LogP contribution in [0, 0.1) is 10.1 Å². The number of carbonyl (C=O) groups is 2. The van der Waals surface area contributed by atoms with E-state index in [1.54, 1.807) is 4.90 Å². The number of nitrogens with one attached hydrogen (secondary N) is 1. The Bertz CT molecular complexity index is 700. The summed E-state index contributed by atoms with van der Waals surface area (Å²) in [5, 5.41) is 33.2. The summed E-state index contributed by atoms with van der Waals surface area (Å²) in [5.74, 6) is -0.661. The fraction of sp³-hybridized carbons (Fsp3) is 0.600. The Kier molecular flexibility index (Phi) is 12.3. The first-order valence-corrected chi connectivity index (χ1v) is 10.3. The Morgan fingerprint density at radius 2 is 1.68 bits per heavy atom. The van der Waals surface area contributed by atoms with Gasteiger partial charge in [0.05, 0.1) is 17.6 Å². The summed E-state index contributed by atoms with van der Waals surface area (Å²) >= 11 is 0. The third kappa shape index (κ3) is 9.39. The van der Waals surface area contributed by atoms with E-state index in [1.807, 2.05) is 0 Å². The van der Waals surface area contributed by atoms with Crippen molar-refractivity contribution in [2.45, 2.75) is 44.2 Å². The number of hydrogen-bond donors (Lipinski definition) is 5. The summed E-state index contributed by atoms with van der Waals surface area (Å²) < 4.78 is 0. The zero-order valence-electron chi connectivity index (χ0n) is 17.6. The molecular formula is C20H33N5O6. The van der Waals surface area contributed by atoms with Crippen LogP contribution in [-0.4, -0.2) is 70.7 Å². The first-order valence-electron chi connectivity index (χ1n) is 10.3. The monoisotopic (exact) mass is 439 g/mol. The topological polar surface area (TPSA) is 185 Å². The van der Waals surface area contributed by atoms with Gasteiger partial charge >= 0.3 is 0 Å². The highest BCUT2D eigenvalue weighted by molar-refractivity contribution is 5.84. The van der Waals surface area contributed by atoms with Gasteiger partial charge < -0.3 is 31.9 Å². The molecule has 0 aromatic heterocycles. The molecule has 31 heavy (non-hydrogen) atoms. The van der Waals surface area contributed by atoms with Crippen LogP contribution in [0.3, 0.4) is 0 Å². The fourth-order valence-corrected chi connectivity index (χ4v) is 3.00. The van der Waals surface area contributed by atoms with E-state index in [0.29, 0.717) is 38.2 Å². The number of benzene rings is 1. The molecule has 1 rings (SSSR count). The van der Waals surface area contributed by atoms with Gasteiger partial charge in [0.25, 0.3) is 5.69 Å². The average Bonchev–Trinajstić information content (AvgIpc) is 2.77. The zero-order valence-corrected chi connectivity index (χ0v) is 17.6. The van der Waals surface area contributed by atoms with Gasteiger partial charge in [-0.25, -0.2) is 0 Å². The van der Waals surface area contributed by atoms with Crippen molar-refractivity contribution in [3.8, 4) is 0 Å². The van der Waals surface area contributed by atoms with E-state index in [0.717, 1.165) is 12.8 Å². The van der Waals surface area contributed by atoms with Crippen molar-refractivity contribution in [3.63, 3.8) is 0 Å². The SMILES string of the molecule is NCCCCN(CCCN)C(=O)CCC(=O)N[C@H](CO)[C@H](O)c1ccc([N+](=O)[O-])cc1. The minimum atomic E-state index is -1.26. The number of non-ortho nitro benzene ring substituents is 1. The Balaban J connectivity index is 2.60. The van der Waals surface area contributed by atoms with Gasteiger partial charge in [-0.05, 0) is 50.0 Å². The number of unbranched alkanes of at least 4 members (excludes halogenated alkanes) is 1. The lowest BCUT2D eigenvalue weighted by Crippen LogP contribution is -2.42. The maximum atomic E-state index is 12.5. The maximum Gasteiger partial charge on any atom is 0.269 e. The molecule has 0 aliphatic heterocycles. The van der Waals surface area contributed by atoms with E-state index in [9.17, 15) is 29.9 Å². The number of amides is 2. The molecule has 7 N–H and O–H groups in total. The van der Waals surface area contributed by atoms with Crippen molar-refractivity contribution < 1.29 is 24.7 Å². The fourth-order valence-electron chi connectivity index (χ4n) is 3.00. The molecule has 2 amide bonds. The summed E-state index contributed by atoms with van der Waals surface area (Å²) in [6.45, 7) is 1.52. The van der Waals surface area contributed by atoms with Crippen LogP contribution < -0.4 is 16.8 Å². The number of nitro groups is 1. The molecule has 0 unspecified atom stereocenters. The number of nitro benzene ring substituents is 1. The second-order valence-electron chi connectivity index (χ2n) is 7.17. The third-order valence-electron chi connectivity index (χ3n) is 4.80. The zero-order chi connectivity index (χ0) is 23.2. The average molecular weight is 440 g/mol. The molecular weight excluding hydrogens is 406 g/mol. The molecule has 0 aliphatic carbocycles. The van der Waals surface area contributed by atoms with Gasteiger partial charge in [0.2, 0.25) is 11.8 Å². The third-order valence-corrected chi connectivity index (χ3v) is 4.80. The number of nitrogens with zero attached hydrogens (tertiary/aromatic N) is 2. The first kappa shape index (κ1) is 26.4. The Labute approximate surface area is 181 Å². The van der Waals surface area contributed by atoms with E-state index in [2.05, 4.69) is 5.32 Å². The highest BCUT2D eigenvalue weighted by Crippen LogP contribution is 2.20. The smallest absolute Gasteiger partial charge is 0.269 e. The summed E-state index contributed by atoms with van der Waals surface area (Å²) in [6.07, 6.45) is 0.860. The number of hydrogen-bond acceptors (Lipinski definition) is 8. The summed E-state index contributed by atoms with van der Waals surface area (Å²) in [6, 6.07) is 4.17. The van der Waals surface area contributed by atoms with E-state index < -0.39 is 29.6 Å². The Hall–Kier alpha value is -2.60. The lowest BCUT2D eigenvalue weighted by Gasteiger charge is -2.24. The quantitative estimate of drug-likeness (QED) is 0.141. The van der Waals surface area contributed by atoms with Crippen LogP contribution >= 0.6 is 0 Å². The molecule has 1 aromatic rings. The standard InChI is InChI=1S/C20H33N5O6/c21-10-1-2-12-24(13-3-11-22)19(28)9-8-18(27)23-17(14-26)20(29)15-4-6-16(7-5-15)25(30)31/h4-7,17,20,26,29H,1-3,8-14,21-22H2,(H,23,27)/t17-,20-/m1/s1. The summed E-state index contributed by atoms with van der Waals surface area (Å²) in [7, 11) is 0. The molecule has 0 saturated carbocycles. The highest BCUT2D eigenvalue weighted by atomic mass is 16.6. The van der Waals surface area contributed by atoms with Crippen LogP contribution in [0.2, 0.25) is 0 Å². The predicted octanol–water partition coefficient (Wildman–Crippen LogP) is -0.198. The largest absolute Gasteiger partial charge is 0.394 e. The molecule has 0 fully saturated rings. The maximum absolute atomic E-state index is 12.5. The molecule has 0 spiro atoms. The van der Waals surface area contributed by atoms with Gasteiger partial charge in [0, 0.05) is 38.1 Å². The molecule has 0 radical (unpaired) electrons. The van der Waals surface area contributed by atoms with E-state index in [1.165, 1.54) is 24.3 Å². The van der Waals surface area contributed by atoms with Crippen LogP contribution in [0.4, 0.5) is 5.69 Å². The van der Waals surface area contributed by atoms with Gasteiger partial charge in [-0.1, -0.05) is 0 Å². The lowest BCUT2D eigenvalue weighted by atomic mass is 10.0. The van der Waals surface area contributed by atoms with Crippen LogP contribution in [0.1, 0.15) is 43.8 Å². The van der Waals surface area contributed by atoms with Crippen molar-refractivity contribution in [2.24, 2.45) is 11.5 Å². The summed E-state index contributed by atoms with van der Waals surface area (Å²) in [5.41, 5.74) is 11.2. The molecule has 11 nitrogen and oxygen atoms in total. The highest BCUT2D eigenvalue weighted by Gasteiger charge is 2.23. The van der Waals surface area contributed by atoms with Gasteiger partial charge in [0.15, 0.2) is 0 Å². The molecule has 0 saturated heterocycles. The van der Waals surface area contributed by atoms with Crippen molar-refractivity contribution in [2.75, 3.05) is 32.8 Å². The summed E-state index contributed by atoms with van der Waals surface area (Å²) in [4.78, 5) is 36.6. The van der Waals surface area contributed by atoms with Crippen molar-refractivity contribution in [1.29, 1.82) is 0 Å². The number of rotatable bonds is 15. The predicted molar refractivity (Wildman–Crippen MR) is 115 cm³/mol. The Morgan fingerprint density at radius 1 is 1.06 bits per heavy atom. The number of aliphatic hydroxyl groups is 2. The lowest BCUT2D eigenvalue weighted by molar-refractivity contribution is -0.384. The van der Waals surface area contributed by atoms with Gasteiger partial charge in [0.1, 0.15) is 6.10 Å². The van der Waals surface area contributed by atoms with Crippen LogP contribution in [0.15, 0.2) is 24.3 Å². The molecule has 0 heterocycles. The van der Waals surface area contributed by atoms with Gasteiger partial charge in [-0.2, -0.15) is 0 Å². The molecule has 2 atom stereocenters. The second-order valence-corrected chi connectivity index (χ2v) is 7.17. The van der Waals surface area contributed by atoms with Crippen molar-refractivity contribution >= 4 is 17.5 Å². The molecule has 174 valence electrons. The number of aliphatic hydroxyl groups excluding tert-OH is 2. The van der Waals surface area contributed by atoms with Crippen molar-refractivity contribution in [1.82, 2.24) is 10.2 Å². The minimum absolute atomic E-state index is 0.00912. The van der Waals surface area contributed by atoms with E-state index >= 15 is 0 Å². The first-order chi connectivity index (χ1) is 14.8. The van der Waals surface area contributed by atoms with E-state index in [-0.39, 0.29) is 24.4 Å². The van der Waals surface area contributed by atoms with Crippen LogP contribution in [0.25, 0.3) is 0 Å². The normalized spacial score (nSPS) is 12.8. The second kappa shape index (κ2) is 14.4. The van der Waals surface area contributed by atoms with Crippen LogP contribution in [-0.2, 0) is 9.59 Å². The minimum Gasteiger partial charge on any atom is -0.394 e.